The Hall–Kier alpha value is 0.682. The molecule has 7 heteroatoms. The van der Waals surface area contributed by atoms with Crippen LogP contribution < -0.4 is 0 Å². The summed E-state index contributed by atoms with van der Waals surface area (Å²) in [6.45, 7) is -0.200. The molecular formula is C12H23AlO5S. The number of aliphatic hydroxyl groups is 4. The number of hydrogen-bond acceptors (Lipinski definition) is 6. The molecule has 5 nitrogen and oxygen atoms in total. The molecule has 0 amide bonds. The van der Waals surface area contributed by atoms with E-state index in [1.807, 2.05) is 11.8 Å². The van der Waals surface area contributed by atoms with Crippen LogP contribution in [0, 0.1) is 5.92 Å². The zero-order chi connectivity index (χ0) is 14.0. The van der Waals surface area contributed by atoms with Gasteiger partial charge in [-0.2, -0.15) is 11.8 Å². The molecule has 7 atom stereocenters. The summed E-state index contributed by atoms with van der Waals surface area (Å²) in [4.78, 5) is 0. The molecule has 0 aromatic rings. The monoisotopic (exact) mass is 306 g/mol. The van der Waals surface area contributed by atoms with E-state index in [1.165, 1.54) is 0 Å². The fraction of sp³-hybridized carbons (Fsp3) is 1.00. The maximum atomic E-state index is 10.0. The standard InChI is InChI=1S/C12H21O5S.Al.2H/c1-6-8(2-3-18-6)17-9-4-7(5-13)10(14)12(16)11(9)15;;;/h6-16H,1-5H2;;;/t6?,7-,8?,9-,10-,11+,12+;;;/m1.../s1. The minimum atomic E-state index is -1.24. The van der Waals surface area contributed by atoms with Gasteiger partial charge in [-0.3, -0.25) is 0 Å². The highest BCUT2D eigenvalue weighted by molar-refractivity contribution is 8.00. The number of aliphatic hydroxyl groups excluding tert-OH is 4. The van der Waals surface area contributed by atoms with Crippen LogP contribution in [0.15, 0.2) is 0 Å². The van der Waals surface area contributed by atoms with Crippen LogP contribution in [0.5, 0.6) is 0 Å². The van der Waals surface area contributed by atoms with Crippen LogP contribution in [0.2, 0.25) is 5.28 Å². The van der Waals surface area contributed by atoms with E-state index in [1.54, 1.807) is 0 Å². The molecule has 2 rings (SSSR count). The van der Waals surface area contributed by atoms with Gasteiger partial charge in [-0.05, 0) is 18.6 Å². The van der Waals surface area contributed by atoms with Gasteiger partial charge in [-0.15, -0.1) is 0 Å². The Balaban J connectivity index is 1.98. The highest BCUT2D eigenvalue weighted by Gasteiger charge is 2.44. The second-order valence-electron chi connectivity index (χ2n) is 5.47. The third-order valence-corrected chi connectivity index (χ3v) is 7.24. The molecule has 4 N–H and O–H groups in total. The van der Waals surface area contributed by atoms with Crippen LogP contribution in [-0.4, -0.2) is 84.8 Å². The summed E-state index contributed by atoms with van der Waals surface area (Å²) >= 11 is 3.04. The first-order valence-electron chi connectivity index (χ1n) is 7.00. The molecule has 0 bridgehead atoms. The van der Waals surface area contributed by atoms with Gasteiger partial charge >= 0.3 is 0 Å². The van der Waals surface area contributed by atoms with E-state index in [4.69, 9.17) is 4.74 Å². The second-order valence-corrected chi connectivity index (χ2v) is 7.63. The van der Waals surface area contributed by atoms with Crippen LogP contribution in [0.25, 0.3) is 0 Å². The van der Waals surface area contributed by atoms with E-state index in [0.717, 1.165) is 33.7 Å². The molecule has 19 heavy (non-hydrogen) atoms. The number of rotatable bonds is 4. The highest BCUT2D eigenvalue weighted by atomic mass is 32.2. The Morgan fingerprint density at radius 2 is 1.84 bits per heavy atom. The molecule has 0 spiro atoms. The van der Waals surface area contributed by atoms with Crippen LogP contribution in [0.3, 0.4) is 0 Å². The lowest BCUT2D eigenvalue weighted by Gasteiger charge is -2.41. The molecule has 1 saturated heterocycles. The maximum absolute atomic E-state index is 10.0. The van der Waals surface area contributed by atoms with Gasteiger partial charge < -0.3 is 25.2 Å². The highest BCUT2D eigenvalue weighted by Crippen LogP contribution is 2.35. The van der Waals surface area contributed by atoms with E-state index in [0.29, 0.717) is 11.7 Å². The molecule has 2 fully saturated rings. The number of thioether (sulfide) groups is 1. The van der Waals surface area contributed by atoms with Crippen LogP contribution in [0.1, 0.15) is 12.8 Å². The molecule has 1 aliphatic carbocycles. The predicted molar refractivity (Wildman–Crippen MR) is 76.1 cm³/mol. The van der Waals surface area contributed by atoms with Crippen molar-refractivity contribution in [2.45, 2.75) is 53.9 Å². The average molecular weight is 306 g/mol. The Kier molecular flexibility index (Phi) is 6.00. The zero-order valence-corrected chi connectivity index (χ0v) is 14.0. The zero-order valence-electron chi connectivity index (χ0n) is 11.2. The van der Waals surface area contributed by atoms with E-state index >= 15 is 0 Å². The number of ether oxygens (including phenoxy) is 1. The van der Waals surface area contributed by atoms with E-state index < -0.39 is 30.3 Å². The molecule has 110 valence electrons. The minimum Gasteiger partial charge on any atom is -0.396 e. The fourth-order valence-corrected chi connectivity index (χ4v) is 5.54. The Morgan fingerprint density at radius 3 is 2.47 bits per heavy atom. The van der Waals surface area contributed by atoms with Gasteiger partial charge in [0, 0.05) is 17.8 Å². The molecule has 0 aromatic heterocycles. The lowest BCUT2D eigenvalue weighted by molar-refractivity contribution is -0.189. The predicted octanol–water partition coefficient (Wildman–Crippen LogP) is -1.61. The van der Waals surface area contributed by atoms with E-state index in [-0.39, 0.29) is 12.7 Å². The van der Waals surface area contributed by atoms with Crippen molar-refractivity contribution in [3.05, 3.63) is 0 Å². The minimum absolute atomic E-state index is 0.129. The third kappa shape index (κ3) is 3.47. The normalized spacial score (nSPS) is 47.5. The number of hydrogen-bond donors (Lipinski definition) is 4. The third-order valence-electron chi connectivity index (χ3n) is 4.23. The van der Waals surface area contributed by atoms with Gasteiger partial charge in [0.05, 0.1) is 18.3 Å². The van der Waals surface area contributed by atoms with Gasteiger partial charge in [0.2, 0.25) is 16.3 Å². The molecule has 0 radical (unpaired) electrons. The topological polar surface area (TPSA) is 90.2 Å². The molecule has 0 aromatic carbocycles. The molecule has 2 unspecified atom stereocenters. The first-order chi connectivity index (χ1) is 9.08. The van der Waals surface area contributed by atoms with Crippen molar-refractivity contribution >= 4 is 28.1 Å². The van der Waals surface area contributed by atoms with Crippen molar-refractivity contribution in [2.24, 2.45) is 5.92 Å². The lowest BCUT2D eigenvalue weighted by Crippen LogP contribution is -2.56. The van der Waals surface area contributed by atoms with Gasteiger partial charge in [0.15, 0.2) is 0 Å². The van der Waals surface area contributed by atoms with Crippen molar-refractivity contribution in [2.75, 3.05) is 12.4 Å². The summed E-state index contributed by atoms with van der Waals surface area (Å²) in [5.41, 5.74) is 0. The molecule has 1 aliphatic heterocycles. The van der Waals surface area contributed by atoms with Crippen molar-refractivity contribution < 1.29 is 25.2 Å². The molecule has 1 saturated carbocycles. The van der Waals surface area contributed by atoms with Crippen molar-refractivity contribution in [1.82, 2.24) is 0 Å². The summed E-state index contributed by atoms with van der Waals surface area (Å²) in [6.07, 6.45) is -2.38. The van der Waals surface area contributed by atoms with E-state index in [9.17, 15) is 20.4 Å². The van der Waals surface area contributed by atoms with Crippen molar-refractivity contribution in [3.63, 3.8) is 0 Å². The van der Waals surface area contributed by atoms with Crippen LogP contribution in [-0.2, 0) is 4.74 Å². The largest absolute Gasteiger partial charge is 0.396 e. The van der Waals surface area contributed by atoms with Crippen molar-refractivity contribution in [3.8, 4) is 0 Å². The second kappa shape index (κ2) is 7.10. The summed E-state index contributed by atoms with van der Waals surface area (Å²) in [5, 5.41) is 40.5. The first kappa shape index (κ1) is 16.1. The molecule has 2 aliphatic rings. The molecular weight excluding hydrogens is 283 g/mol. The maximum Gasteiger partial charge on any atom is 0.213 e. The Morgan fingerprint density at radius 1 is 1.11 bits per heavy atom. The van der Waals surface area contributed by atoms with Gasteiger partial charge in [0.25, 0.3) is 0 Å². The summed E-state index contributed by atoms with van der Waals surface area (Å²) in [7, 11) is 0. The summed E-state index contributed by atoms with van der Waals surface area (Å²) in [6, 6.07) is 0. The van der Waals surface area contributed by atoms with E-state index in [2.05, 4.69) is 0 Å². The lowest BCUT2D eigenvalue weighted by atomic mass is 9.81. The van der Waals surface area contributed by atoms with Gasteiger partial charge in [-0.1, -0.05) is 5.28 Å². The quantitative estimate of drug-likeness (QED) is 0.468. The van der Waals surface area contributed by atoms with Crippen molar-refractivity contribution in [1.29, 1.82) is 0 Å². The Bertz CT molecular complexity index is 293. The SMILES string of the molecule is OC[C@H]1C[C@@H](OC2CCSC2[CH2][AlH2])[C@H](O)[C@@H](O)[C@@H]1O. The summed E-state index contributed by atoms with van der Waals surface area (Å²) < 4.78 is 5.99. The molecule has 1 heterocycles. The van der Waals surface area contributed by atoms with Crippen LogP contribution >= 0.6 is 11.8 Å². The van der Waals surface area contributed by atoms with Gasteiger partial charge in [0.1, 0.15) is 12.2 Å². The van der Waals surface area contributed by atoms with Crippen LogP contribution in [0.4, 0.5) is 0 Å². The Labute approximate surface area is 125 Å². The van der Waals surface area contributed by atoms with Gasteiger partial charge in [-0.25, -0.2) is 0 Å². The average Bonchev–Trinajstić information content (AvgIpc) is 2.86. The fourth-order valence-electron chi connectivity index (χ4n) is 2.99. The first-order valence-corrected chi connectivity index (χ1v) is 9.46. The summed E-state index contributed by atoms with van der Waals surface area (Å²) in [5.74, 6) is 0.654. The smallest absolute Gasteiger partial charge is 0.213 e.